The quantitative estimate of drug-likeness (QED) is 0.469. The molecular weight excluding hydrogens is 371 g/mol. The van der Waals surface area contributed by atoms with Gasteiger partial charge < -0.3 is 20.0 Å². The van der Waals surface area contributed by atoms with Gasteiger partial charge in [0.2, 0.25) is 0 Å². The first kappa shape index (κ1) is 22.9. The topological polar surface area (TPSA) is 95.5 Å². The highest BCUT2D eigenvalue weighted by atomic mass is 19.4. The van der Waals surface area contributed by atoms with Gasteiger partial charge in [-0.2, -0.15) is 30.7 Å². The first-order valence-electron chi connectivity index (χ1n) is 6.68. The number of carbonyl (C=O) groups excluding carboxylic acids is 3. The highest BCUT2D eigenvalue weighted by molar-refractivity contribution is 5.89. The molecule has 13 heteroatoms. The molecule has 0 bridgehead atoms. The van der Waals surface area contributed by atoms with Gasteiger partial charge in [0.05, 0.1) is 6.61 Å². The van der Waals surface area contributed by atoms with Crippen LogP contribution in [0.1, 0.15) is 26.2 Å². The molecule has 0 saturated heterocycles. The van der Waals surface area contributed by atoms with Crippen LogP contribution < -0.4 is 10.4 Å². The van der Waals surface area contributed by atoms with Gasteiger partial charge in [0.25, 0.3) is 5.91 Å². The molecule has 0 aromatic rings. The number of rotatable bonds is 9. The van der Waals surface area contributed by atoms with Crippen molar-refractivity contribution in [3.63, 3.8) is 0 Å². The van der Waals surface area contributed by atoms with E-state index in [0.717, 1.165) is 5.32 Å². The van der Waals surface area contributed by atoms with E-state index in [1.54, 1.807) is 0 Å². The number of nitrogens with one attached hydrogen (secondary N) is 1. The van der Waals surface area contributed by atoms with Gasteiger partial charge in [0, 0.05) is 5.97 Å². The number of hydrogen-bond acceptors (Lipinski definition) is 5. The van der Waals surface area contributed by atoms with E-state index in [4.69, 9.17) is 0 Å². The van der Waals surface area contributed by atoms with Crippen LogP contribution in [0.3, 0.4) is 0 Å². The molecule has 0 aromatic carbocycles. The average molecular weight is 384 g/mol. The zero-order valence-corrected chi connectivity index (χ0v) is 12.6. The Bertz CT molecular complexity index is 507. The fourth-order valence-corrected chi connectivity index (χ4v) is 1.38. The number of aliphatic carboxylic acids is 1. The second-order valence-electron chi connectivity index (χ2n) is 4.75. The molecule has 0 rings (SSSR count). The van der Waals surface area contributed by atoms with Gasteiger partial charge >= 0.3 is 24.0 Å². The average Bonchev–Trinajstić information content (AvgIpc) is 2.46. The van der Waals surface area contributed by atoms with Crippen molar-refractivity contribution in [2.45, 2.75) is 50.2 Å². The van der Waals surface area contributed by atoms with Crippen molar-refractivity contribution in [3.05, 3.63) is 0 Å². The standard InChI is InChI=1S/C12H14F7NO5/c1-2-5-25-8(23)6(3-4-7(21)22)20-9(24)10(13,14)11(15,16)12(17,18)19/h6H,2-5H2,1H3,(H,20,24)(H,21,22)/p-1. The molecule has 25 heavy (non-hydrogen) atoms. The molecule has 0 spiro atoms. The number of carboxylic acid groups (broad SMARTS) is 1. The number of amides is 1. The number of carboxylic acids is 1. The van der Waals surface area contributed by atoms with Crippen LogP contribution in [0, 0.1) is 0 Å². The van der Waals surface area contributed by atoms with E-state index in [1.165, 1.54) is 6.92 Å². The molecule has 0 aromatic heterocycles. The Labute approximate surface area is 136 Å². The third-order valence-electron chi connectivity index (χ3n) is 2.71. The lowest BCUT2D eigenvalue weighted by Gasteiger charge is -2.28. The molecule has 1 N–H and O–H groups in total. The summed E-state index contributed by atoms with van der Waals surface area (Å²) in [5, 5.41) is 11.3. The molecule has 0 aliphatic carbocycles. The van der Waals surface area contributed by atoms with Gasteiger partial charge in [-0.3, -0.25) is 4.79 Å². The van der Waals surface area contributed by atoms with Gasteiger partial charge in [-0.05, 0) is 19.3 Å². The fraction of sp³-hybridized carbons (Fsp3) is 0.750. The highest BCUT2D eigenvalue weighted by Crippen LogP contribution is 2.46. The Hall–Kier alpha value is -2.08. The van der Waals surface area contributed by atoms with Crippen LogP contribution in [0.5, 0.6) is 0 Å². The van der Waals surface area contributed by atoms with E-state index in [9.17, 15) is 50.2 Å². The number of esters is 1. The third kappa shape index (κ3) is 5.74. The summed E-state index contributed by atoms with van der Waals surface area (Å²) in [5.41, 5.74) is 0. The number of carbonyl (C=O) groups is 3. The van der Waals surface area contributed by atoms with Crippen molar-refractivity contribution in [3.8, 4) is 0 Å². The highest BCUT2D eigenvalue weighted by Gasteiger charge is 2.76. The minimum absolute atomic E-state index is 0.231. The van der Waals surface area contributed by atoms with Crippen molar-refractivity contribution in [2.75, 3.05) is 6.61 Å². The molecule has 0 radical (unpaired) electrons. The van der Waals surface area contributed by atoms with Crippen molar-refractivity contribution >= 4 is 17.8 Å². The second kappa shape index (κ2) is 8.34. The first-order valence-corrected chi connectivity index (χ1v) is 6.68. The number of ether oxygens (including phenoxy) is 1. The van der Waals surface area contributed by atoms with Gasteiger partial charge in [0.1, 0.15) is 6.04 Å². The molecular formula is C12H13F7NO5-. The summed E-state index contributed by atoms with van der Waals surface area (Å²) < 4.78 is 92.4. The Morgan fingerprint density at radius 1 is 1.08 bits per heavy atom. The van der Waals surface area contributed by atoms with Crippen molar-refractivity contribution in [1.29, 1.82) is 0 Å². The minimum Gasteiger partial charge on any atom is -0.550 e. The Morgan fingerprint density at radius 2 is 1.60 bits per heavy atom. The van der Waals surface area contributed by atoms with E-state index >= 15 is 0 Å². The van der Waals surface area contributed by atoms with E-state index in [2.05, 4.69) is 4.74 Å². The summed E-state index contributed by atoms with van der Waals surface area (Å²) in [6.07, 6.45) is -8.40. The molecule has 6 nitrogen and oxygen atoms in total. The van der Waals surface area contributed by atoms with Crippen molar-refractivity contribution in [2.24, 2.45) is 0 Å². The number of halogens is 7. The molecule has 0 fully saturated rings. The van der Waals surface area contributed by atoms with Crippen LogP contribution in [0.25, 0.3) is 0 Å². The molecule has 0 aliphatic rings. The maximum absolute atomic E-state index is 13.2. The van der Waals surface area contributed by atoms with Crippen LogP contribution >= 0.6 is 0 Å². The summed E-state index contributed by atoms with van der Waals surface area (Å²) in [6, 6.07) is -2.17. The van der Waals surface area contributed by atoms with Gasteiger partial charge in [0.15, 0.2) is 0 Å². The van der Waals surface area contributed by atoms with Crippen molar-refractivity contribution in [1.82, 2.24) is 5.32 Å². The van der Waals surface area contributed by atoms with Gasteiger partial charge in [-0.1, -0.05) is 6.92 Å². The lowest BCUT2D eigenvalue weighted by atomic mass is 10.1. The zero-order valence-electron chi connectivity index (χ0n) is 12.6. The van der Waals surface area contributed by atoms with Crippen LogP contribution in [0.15, 0.2) is 0 Å². The zero-order chi connectivity index (χ0) is 20.1. The minimum atomic E-state index is -6.74. The maximum atomic E-state index is 13.2. The maximum Gasteiger partial charge on any atom is 0.460 e. The van der Waals surface area contributed by atoms with Gasteiger partial charge in [-0.25, -0.2) is 4.79 Å². The predicted molar refractivity (Wildman–Crippen MR) is 63.4 cm³/mol. The van der Waals surface area contributed by atoms with Crippen LogP contribution in [0.4, 0.5) is 30.7 Å². The van der Waals surface area contributed by atoms with E-state index < -0.39 is 54.8 Å². The summed E-state index contributed by atoms with van der Waals surface area (Å²) in [4.78, 5) is 33.0. The van der Waals surface area contributed by atoms with Crippen LogP contribution in [0.2, 0.25) is 0 Å². The Balaban J connectivity index is 5.35. The second-order valence-corrected chi connectivity index (χ2v) is 4.75. The van der Waals surface area contributed by atoms with E-state index in [0.29, 0.717) is 0 Å². The molecule has 146 valence electrons. The molecule has 0 aliphatic heterocycles. The summed E-state index contributed by atoms with van der Waals surface area (Å²) in [6.45, 7) is 1.23. The summed E-state index contributed by atoms with van der Waals surface area (Å²) >= 11 is 0. The summed E-state index contributed by atoms with van der Waals surface area (Å²) in [5.74, 6) is -19.3. The molecule has 1 atom stereocenters. The summed E-state index contributed by atoms with van der Waals surface area (Å²) in [7, 11) is 0. The SMILES string of the molecule is CCCOC(=O)C(CCC(=O)[O-])NC(=O)C(F)(F)C(F)(F)C(F)(F)F. The monoisotopic (exact) mass is 384 g/mol. The van der Waals surface area contributed by atoms with E-state index in [1.807, 2.05) is 0 Å². The smallest absolute Gasteiger partial charge is 0.460 e. The Kier molecular flexibility index (Phi) is 7.64. The lowest BCUT2D eigenvalue weighted by molar-refractivity contribution is -0.344. The molecule has 1 unspecified atom stereocenters. The molecule has 0 heterocycles. The van der Waals surface area contributed by atoms with Crippen molar-refractivity contribution < 1.29 is 55.0 Å². The number of hydrogen-bond donors (Lipinski definition) is 1. The fourth-order valence-electron chi connectivity index (χ4n) is 1.38. The normalized spacial score (nSPS) is 13.9. The molecule has 0 saturated carbocycles. The van der Waals surface area contributed by atoms with E-state index in [-0.39, 0.29) is 13.0 Å². The first-order chi connectivity index (χ1) is 11.2. The third-order valence-corrected chi connectivity index (χ3v) is 2.71. The van der Waals surface area contributed by atoms with Crippen LogP contribution in [-0.2, 0) is 19.1 Å². The Morgan fingerprint density at radius 3 is 2.00 bits per heavy atom. The lowest BCUT2D eigenvalue weighted by Crippen LogP contribution is -2.61. The largest absolute Gasteiger partial charge is 0.550 e. The van der Waals surface area contributed by atoms with Crippen LogP contribution in [-0.4, -0.2) is 48.5 Å². The number of alkyl halides is 7. The van der Waals surface area contributed by atoms with Gasteiger partial charge in [-0.15, -0.1) is 0 Å². The predicted octanol–water partition coefficient (Wildman–Crippen LogP) is 0.787. The molecule has 1 amide bonds.